The summed E-state index contributed by atoms with van der Waals surface area (Å²) in [5.41, 5.74) is 24.2. The molecule has 10 nitrogen and oxygen atoms in total. The smallest absolute Gasteiger partial charge is 0.174 e. The minimum atomic E-state index is -4.94. The van der Waals surface area contributed by atoms with Gasteiger partial charge in [-0.1, -0.05) is 231 Å². The maximum Gasteiger partial charge on any atom is 0.174 e. The van der Waals surface area contributed by atoms with Crippen LogP contribution in [0.2, 0.25) is 0 Å². The van der Waals surface area contributed by atoms with Gasteiger partial charge in [0.1, 0.15) is 0 Å². The summed E-state index contributed by atoms with van der Waals surface area (Å²) in [6.45, 7) is 1.46. The lowest BCUT2D eigenvalue weighted by molar-refractivity contribution is -2.00. The predicted octanol–water partition coefficient (Wildman–Crippen LogP) is 7.85. The molecule has 84 heavy (non-hydrogen) atoms. The van der Waals surface area contributed by atoms with Crippen LogP contribution in [0, 0.1) is 20.5 Å². The number of aromatic nitrogens is 2. The van der Waals surface area contributed by atoms with E-state index < -0.39 is 20.5 Å². The molecular formula is C72H54Cl2N2O8. The maximum absolute atomic E-state index is 8.49. The van der Waals surface area contributed by atoms with Crippen LogP contribution in [0.1, 0.15) is 11.1 Å². The van der Waals surface area contributed by atoms with Gasteiger partial charge in [-0.05, 0) is 124 Å². The number of hydrogen-bond donors (Lipinski definition) is 0. The van der Waals surface area contributed by atoms with E-state index in [1.165, 1.54) is 111 Å². The summed E-state index contributed by atoms with van der Waals surface area (Å²) in [6, 6.07) is 101. The molecule has 0 bridgehead atoms. The van der Waals surface area contributed by atoms with E-state index >= 15 is 0 Å². The van der Waals surface area contributed by atoms with E-state index in [0.29, 0.717) is 0 Å². The van der Waals surface area contributed by atoms with Crippen molar-refractivity contribution in [3.63, 3.8) is 0 Å². The summed E-state index contributed by atoms with van der Waals surface area (Å²) in [5, 5.41) is 0. The molecule has 0 atom stereocenters. The van der Waals surface area contributed by atoms with Crippen molar-refractivity contribution in [2.24, 2.45) is 0 Å². The Morgan fingerprint density at radius 2 is 0.429 bits per heavy atom. The highest BCUT2D eigenvalue weighted by molar-refractivity contribution is 5.99. The average Bonchev–Trinajstić information content (AvgIpc) is 3.69. The molecule has 12 rings (SSSR count). The fourth-order valence-corrected chi connectivity index (χ4v) is 10.6. The van der Waals surface area contributed by atoms with Gasteiger partial charge in [0.25, 0.3) is 0 Å². The highest BCUT2D eigenvalue weighted by Gasteiger charge is 2.22. The van der Waals surface area contributed by atoms with Gasteiger partial charge in [0.05, 0.1) is 0 Å². The Bertz CT molecular complexity index is 3680. The summed E-state index contributed by atoms with van der Waals surface area (Å²) >= 11 is 0. The lowest BCUT2D eigenvalue weighted by Crippen LogP contribution is -2.68. The molecule has 0 unspecified atom stereocenters. The molecule has 0 N–H and O–H groups in total. The average molecular weight is 1150 g/mol. The Balaban J connectivity index is 0.000000727. The predicted molar refractivity (Wildman–Crippen MR) is 307 cm³/mol. The quantitative estimate of drug-likeness (QED) is 0.104. The third kappa shape index (κ3) is 15.2. The van der Waals surface area contributed by atoms with Crippen LogP contribution in [0.4, 0.5) is 0 Å². The van der Waals surface area contributed by atoms with E-state index in [-0.39, 0.29) is 0 Å². The molecule has 414 valence electrons. The molecule has 0 saturated heterocycles. The summed E-state index contributed by atoms with van der Waals surface area (Å²) < 4.78 is 72.6. The zero-order valence-corrected chi connectivity index (χ0v) is 46.7. The fraction of sp³-hybridized carbons (Fsp3) is 0.0278. The molecule has 2 aromatic heterocycles. The highest BCUT2D eigenvalue weighted by Crippen LogP contribution is 2.45. The van der Waals surface area contributed by atoms with Crippen molar-refractivity contribution >= 4 is 0 Å². The number of rotatable bonds is 13. The molecule has 0 aliphatic carbocycles. The fourth-order valence-electron chi connectivity index (χ4n) is 10.6. The largest absolute Gasteiger partial charge is 0.222 e. The van der Waals surface area contributed by atoms with Gasteiger partial charge in [-0.2, -0.15) is 0 Å². The van der Waals surface area contributed by atoms with Crippen LogP contribution in [-0.2, 0) is 13.1 Å². The van der Waals surface area contributed by atoms with Crippen LogP contribution in [0.5, 0.6) is 0 Å². The first-order valence-electron chi connectivity index (χ1n) is 26.8. The second-order valence-electron chi connectivity index (χ2n) is 19.7. The Kier molecular flexibility index (Phi) is 18.5. The Morgan fingerprint density at radius 1 is 0.214 bits per heavy atom. The number of nitrogens with zero attached hydrogens (tertiary/aromatic N) is 2. The molecular weight excluding hydrogens is 1090 g/mol. The third-order valence-electron chi connectivity index (χ3n) is 14.2. The van der Waals surface area contributed by atoms with E-state index in [1.807, 2.05) is 0 Å². The van der Waals surface area contributed by atoms with Crippen molar-refractivity contribution in [3.05, 3.63) is 315 Å². The molecule has 12 heteroatoms. The van der Waals surface area contributed by atoms with Gasteiger partial charge in [0, 0.05) is 35.4 Å². The lowest BCUT2D eigenvalue weighted by Gasteiger charge is -2.19. The van der Waals surface area contributed by atoms with Gasteiger partial charge in [-0.25, -0.2) is 46.4 Å². The SMILES string of the molecule is [O-][Cl+3]([O-])([O-])[O-].[O-][Cl+3]([O-])([O-])[O-].c1ccc(-c2cc(-c3ccccc3)c(-c3cc[n+](Cc4ccccc4-c4ccccc4C[n+]4ccc(-c5c(-c6ccccc6)cc(-c6ccccc6)cc5-c5ccccc5)cc4)cc3)c(-c3ccccc3)c2)cc1. The zero-order valence-electron chi connectivity index (χ0n) is 45.2. The molecule has 0 spiro atoms. The van der Waals surface area contributed by atoms with Crippen LogP contribution in [0.25, 0.3) is 100 Å². The molecule has 12 aromatic rings. The summed E-state index contributed by atoms with van der Waals surface area (Å²) in [5.74, 6) is 0. The highest BCUT2D eigenvalue weighted by atomic mass is 35.7. The zero-order chi connectivity index (χ0) is 58.5. The molecule has 0 radical (unpaired) electrons. The van der Waals surface area contributed by atoms with Gasteiger partial charge < -0.3 is 0 Å². The first-order chi connectivity index (χ1) is 40.7. The van der Waals surface area contributed by atoms with E-state index in [9.17, 15) is 0 Å². The Labute approximate surface area is 492 Å². The van der Waals surface area contributed by atoms with E-state index in [0.717, 1.165) is 13.1 Å². The molecule has 10 aromatic carbocycles. The third-order valence-corrected chi connectivity index (χ3v) is 14.2. The first-order valence-corrected chi connectivity index (χ1v) is 29.2. The molecule has 0 saturated carbocycles. The molecule has 0 amide bonds. The van der Waals surface area contributed by atoms with Crippen molar-refractivity contribution in [2.45, 2.75) is 13.1 Å². The van der Waals surface area contributed by atoms with Crippen molar-refractivity contribution < 1.29 is 66.9 Å². The minimum absolute atomic E-state index is 0.729. The van der Waals surface area contributed by atoms with Gasteiger partial charge in [-0.3, -0.25) is 0 Å². The summed E-state index contributed by atoms with van der Waals surface area (Å²) in [6.07, 6.45) is 8.97. The molecule has 0 aliphatic heterocycles. The normalized spacial score (nSPS) is 11.2. The Hall–Kier alpha value is -9.24. The number of pyridine rings is 2. The van der Waals surface area contributed by atoms with E-state index in [2.05, 4.69) is 313 Å². The van der Waals surface area contributed by atoms with Crippen LogP contribution in [0.15, 0.2) is 304 Å². The second kappa shape index (κ2) is 26.8. The second-order valence-corrected chi connectivity index (χ2v) is 21.2. The van der Waals surface area contributed by atoms with Crippen LogP contribution in [0.3, 0.4) is 0 Å². The van der Waals surface area contributed by atoms with Crippen molar-refractivity contribution in [1.29, 1.82) is 0 Å². The number of hydrogen-bond acceptors (Lipinski definition) is 8. The standard InChI is InChI=1S/C72H54N2.2ClHO4/c1-7-23-53(24-8-1)63-47-67(55-27-11-3-12-28-55)71(68(48-63)56-29-13-4-14-30-56)59-39-43-73(44-40-59)51-61-35-19-21-37-65(61)66-38-22-20-36-62(66)52-74-45-41-60(42-46-74)72-69(57-31-15-5-16-32-57)49-64(54-25-9-2-10-26-54)50-70(72)58-33-17-6-18-34-58;2*2-1(3,4)5/h1-50H,51-52H2;2*(H,2,3,4,5)/q+2;;/p-2. The van der Waals surface area contributed by atoms with Crippen molar-refractivity contribution in [2.75, 3.05) is 0 Å². The van der Waals surface area contributed by atoms with E-state index in [1.54, 1.807) is 0 Å². The minimum Gasteiger partial charge on any atom is -0.222 e. The molecule has 0 aliphatic rings. The number of benzene rings is 10. The number of halogens is 2. The Morgan fingerprint density at radius 3 is 0.679 bits per heavy atom. The lowest BCUT2D eigenvalue weighted by atomic mass is 9.85. The first kappa shape index (κ1) is 58.0. The van der Waals surface area contributed by atoms with Gasteiger partial charge in [0.15, 0.2) is 37.9 Å². The monoisotopic (exact) mass is 1140 g/mol. The van der Waals surface area contributed by atoms with Crippen LogP contribution >= 0.6 is 0 Å². The van der Waals surface area contributed by atoms with E-state index in [4.69, 9.17) is 37.3 Å². The topological polar surface area (TPSA) is 192 Å². The van der Waals surface area contributed by atoms with Gasteiger partial charge in [-0.15, -0.1) is 20.5 Å². The van der Waals surface area contributed by atoms with Gasteiger partial charge in [0.2, 0.25) is 0 Å². The molecule has 2 heterocycles. The van der Waals surface area contributed by atoms with Crippen LogP contribution in [-0.4, -0.2) is 0 Å². The van der Waals surface area contributed by atoms with Gasteiger partial charge >= 0.3 is 0 Å². The maximum atomic E-state index is 8.49. The summed E-state index contributed by atoms with van der Waals surface area (Å²) in [7, 11) is -9.89. The summed E-state index contributed by atoms with van der Waals surface area (Å²) in [4.78, 5) is 0. The molecule has 0 fully saturated rings. The van der Waals surface area contributed by atoms with Crippen LogP contribution < -0.4 is 46.4 Å². The van der Waals surface area contributed by atoms with Crippen molar-refractivity contribution in [3.8, 4) is 100 Å². The van der Waals surface area contributed by atoms with Crippen molar-refractivity contribution in [1.82, 2.24) is 0 Å².